The van der Waals surface area contributed by atoms with Gasteiger partial charge in [-0.15, -0.1) is 0 Å². The molecule has 0 radical (unpaired) electrons. The number of piperidine rings is 1. The maximum atomic E-state index is 13.7. The van der Waals surface area contributed by atoms with Crippen LogP contribution in [0.2, 0.25) is 0 Å². The fourth-order valence-corrected chi connectivity index (χ4v) is 5.75. The minimum atomic E-state index is -1.18. The topological polar surface area (TPSA) is 75.9 Å². The highest BCUT2D eigenvalue weighted by Gasteiger charge is 2.37. The average molecular weight is 551 g/mol. The van der Waals surface area contributed by atoms with Gasteiger partial charge in [-0.05, 0) is 66.3 Å². The number of hydrogen-bond donors (Lipinski definition) is 1. The molecule has 2 aromatic heterocycles. The van der Waals surface area contributed by atoms with Crippen LogP contribution in [0.15, 0.2) is 91.3 Å². The zero-order valence-corrected chi connectivity index (χ0v) is 23.0. The van der Waals surface area contributed by atoms with Crippen LogP contribution in [-0.2, 0) is 15.1 Å². The number of amides is 2. The largest absolute Gasteiger partial charge is 0.364 e. The van der Waals surface area contributed by atoms with Crippen molar-refractivity contribution in [2.75, 3.05) is 25.5 Å². The van der Waals surface area contributed by atoms with E-state index in [0.29, 0.717) is 36.0 Å². The monoisotopic (exact) mass is 550 g/mol. The number of pyridine rings is 1. The molecule has 0 spiro atoms. The molecule has 5 aromatic rings. The maximum absolute atomic E-state index is 13.7. The molecule has 1 saturated heterocycles. The SMILES string of the molecule is COC(C)(C(=O)Nc1ccc(C2CCN(C(=O)c3cnc4ccc(F)cn34)CC2)cc1)c1cccc2ccccc12. The van der Waals surface area contributed by atoms with Gasteiger partial charge in [-0.1, -0.05) is 54.6 Å². The summed E-state index contributed by atoms with van der Waals surface area (Å²) < 4.78 is 21.1. The number of fused-ring (bicyclic) bond motifs is 2. The average Bonchev–Trinajstić information content (AvgIpc) is 3.43. The number of ether oxygens (including phenoxy) is 1. The van der Waals surface area contributed by atoms with Crippen LogP contribution in [0.1, 0.15) is 47.3 Å². The van der Waals surface area contributed by atoms with Gasteiger partial charge in [0.25, 0.3) is 11.8 Å². The van der Waals surface area contributed by atoms with Crippen LogP contribution in [-0.4, -0.2) is 46.3 Å². The standard InChI is InChI=1S/C33H31FN4O3/c1-33(41-2,28-9-5-7-24-6-3-4-8-27(24)28)32(40)36-26-13-10-22(11-14-26)23-16-18-37(19-17-23)31(39)29-20-35-30-15-12-25(34)21-38(29)30/h3-15,20-21,23H,16-19H2,1-2H3,(H,36,40). The quantitative estimate of drug-likeness (QED) is 0.275. The van der Waals surface area contributed by atoms with Crippen LogP contribution in [0.3, 0.4) is 0 Å². The number of nitrogens with one attached hydrogen (secondary N) is 1. The Labute approximate surface area is 237 Å². The van der Waals surface area contributed by atoms with Gasteiger partial charge in [-0.2, -0.15) is 0 Å². The molecule has 0 saturated carbocycles. The van der Waals surface area contributed by atoms with Crippen LogP contribution in [0, 0.1) is 5.82 Å². The second-order valence-electron chi connectivity index (χ2n) is 10.6. The number of rotatable bonds is 6. The molecular formula is C33H31FN4O3. The van der Waals surface area contributed by atoms with Crippen molar-refractivity contribution in [3.05, 3.63) is 114 Å². The molecule has 1 aliphatic heterocycles. The fourth-order valence-electron chi connectivity index (χ4n) is 5.75. The van der Waals surface area contributed by atoms with E-state index in [2.05, 4.69) is 10.3 Å². The van der Waals surface area contributed by atoms with E-state index in [1.807, 2.05) is 66.7 Å². The third-order valence-electron chi connectivity index (χ3n) is 8.26. The summed E-state index contributed by atoms with van der Waals surface area (Å²) in [7, 11) is 1.55. The molecule has 8 heteroatoms. The van der Waals surface area contributed by atoms with Crippen molar-refractivity contribution in [3.8, 4) is 0 Å². The summed E-state index contributed by atoms with van der Waals surface area (Å²) in [6, 6.07) is 24.6. The van der Waals surface area contributed by atoms with Crippen molar-refractivity contribution >= 4 is 33.9 Å². The summed E-state index contributed by atoms with van der Waals surface area (Å²) in [4.78, 5) is 32.7. The zero-order valence-electron chi connectivity index (χ0n) is 23.0. The van der Waals surface area contributed by atoms with Gasteiger partial charge < -0.3 is 15.0 Å². The van der Waals surface area contributed by atoms with Gasteiger partial charge >= 0.3 is 0 Å². The third kappa shape index (κ3) is 4.95. The smallest absolute Gasteiger partial charge is 0.272 e. The molecule has 0 bridgehead atoms. The lowest BCUT2D eigenvalue weighted by Gasteiger charge is -2.32. The van der Waals surface area contributed by atoms with E-state index >= 15 is 0 Å². The predicted molar refractivity (Wildman–Crippen MR) is 156 cm³/mol. The lowest BCUT2D eigenvalue weighted by Crippen LogP contribution is -2.39. The number of benzene rings is 3. The molecule has 3 heterocycles. The highest BCUT2D eigenvalue weighted by molar-refractivity contribution is 6.01. The van der Waals surface area contributed by atoms with Gasteiger partial charge in [-0.25, -0.2) is 9.37 Å². The predicted octanol–water partition coefficient (Wildman–Crippen LogP) is 6.15. The first-order valence-corrected chi connectivity index (χ1v) is 13.7. The second-order valence-corrected chi connectivity index (χ2v) is 10.6. The first-order chi connectivity index (χ1) is 19.9. The number of nitrogens with zero attached hydrogens (tertiary/aromatic N) is 3. The van der Waals surface area contributed by atoms with E-state index in [1.165, 1.54) is 22.9 Å². The van der Waals surface area contributed by atoms with Crippen molar-refractivity contribution < 1.29 is 18.7 Å². The van der Waals surface area contributed by atoms with Crippen LogP contribution >= 0.6 is 0 Å². The lowest BCUT2D eigenvalue weighted by molar-refractivity contribution is -0.136. The molecule has 3 aromatic carbocycles. The number of imidazole rings is 1. The Bertz CT molecular complexity index is 1740. The van der Waals surface area contributed by atoms with E-state index in [9.17, 15) is 14.0 Å². The summed E-state index contributed by atoms with van der Waals surface area (Å²) in [6.45, 7) is 2.99. The first kappa shape index (κ1) is 26.7. The molecule has 1 unspecified atom stereocenters. The Morgan fingerprint density at radius 1 is 0.976 bits per heavy atom. The summed E-state index contributed by atoms with van der Waals surface area (Å²) in [5.74, 6) is -0.512. The Morgan fingerprint density at radius 3 is 2.46 bits per heavy atom. The van der Waals surface area contributed by atoms with Crippen molar-refractivity contribution in [2.45, 2.75) is 31.3 Å². The third-order valence-corrected chi connectivity index (χ3v) is 8.26. The summed E-state index contributed by atoms with van der Waals surface area (Å²) in [6.07, 6.45) is 4.42. The Balaban J connectivity index is 1.11. The highest BCUT2D eigenvalue weighted by atomic mass is 19.1. The number of carbonyl (C=O) groups excluding carboxylic acids is 2. The van der Waals surface area contributed by atoms with Gasteiger partial charge in [-0.3, -0.25) is 14.0 Å². The Hall–Kier alpha value is -4.56. The Morgan fingerprint density at radius 2 is 1.71 bits per heavy atom. The molecule has 2 amide bonds. The minimum absolute atomic E-state index is 0.146. The number of hydrogen-bond acceptors (Lipinski definition) is 4. The summed E-state index contributed by atoms with van der Waals surface area (Å²) >= 11 is 0. The molecule has 208 valence electrons. The second kappa shape index (κ2) is 10.8. The van der Waals surface area contributed by atoms with Gasteiger partial charge in [0.05, 0.1) is 6.20 Å². The summed E-state index contributed by atoms with van der Waals surface area (Å²) in [5, 5.41) is 5.05. The molecule has 0 aliphatic carbocycles. The Kier molecular flexibility index (Phi) is 7.01. The van der Waals surface area contributed by atoms with Crippen molar-refractivity contribution in [3.63, 3.8) is 0 Å². The normalized spacial score (nSPS) is 15.6. The molecule has 6 rings (SSSR count). The van der Waals surface area contributed by atoms with Crippen LogP contribution in [0.25, 0.3) is 16.4 Å². The maximum Gasteiger partial charge on any atom is 0.272 e. The molecule has 1 atom stereocenters. The molecular weight excluding hydrogens is 519 g/mol. The van der Waals surface area contributed by atoms with E-state index in [4.69, 9.17) is 4.74 Å². The molecule has 1 N–H and O–H groups in total. The van der Waals surface area contributed by atoms with Crippen LogP contribution in [0.4, 0.5) is 10.1 Å². The molecule has 1 fully saturated rings. The first-order valence-electron chi connectivity index (χ1n) is 13.7. The number of anilines is 1. The highest BCUT2D eigenvalue weighted by Crippen LogP contribution is 2.34. The fraction of sp³-hybridized carbons (Fsp3) is 0.242. The van der Waals surface area contributed by atoms with Gasteiger partial charge in [0, 0.05) is 37.6 Å². The minimum Gasteiger partial charge on any atom is -0.364 e. The van der Waals surface area contributed by atoms with Gasteiger partial charge in [0.2, 0.25) is 0 Å². The van der Waals surface area contributed by atoms with E-state index in [1.54, 1.807) is 25.0 Å². The van der Waals surface area contributed by atoms with Crippen molar-refractivity contribution in [1.29, 1.82) is 0 Å². The molecule has 41 heavy (non-hydrogen) atoms. The van der Waals surface area contributed by atoms with E-state index in [-0.39, 0.29) is 11.8 Å². The number of aromatic nitrogens is 2. The van der Waals surface area contributed by atoms with Gasteiger partial charge in [0.15, 0.2) is 5.60 Å². The number of carbonyl (C=O) groups is 2. The van der Waals surface area contributed by atoms with Crippen LogP contribution in [0.5, 0.6) is 0 Å². The van der Waals surface area contributed by atoms with Crippen LogP contribution < -0.4 is 5.32 Å². The lowest BCUT2D eigenvalue weighted by atomic mass is 9.88. The van der Waals surface area contributed by atoms with E-state index < -0.39 is 11.4 Å². The summed E-state index contributed by atoms with van der Waals surface area (Å²) in [5.41, 5.74) is 2.39. The van der Waals surface area contributed by atoms with Crippen molar-refractivity contribution in [1.82, 2.24) is 14.3 Å². The zero-order chi connectivity index (χ0) is 28.6. The molecule has 7 nitrogen and oxygen atoms in total. The van der Waals surface area contributed by atoms with Crippen molar-refractivity contribution in [2.24, 2.45) is 0 Å². The number of halogens is 1. The number of likely N-dealkylation sites (tertiary alicyclic amines) is 1. The molecule has 1 aliphatic rings. The van der Waals surface area contributed by atoms with E-state index in [0.717, 1.165) is 34.7 Å². The number of methoxy groups -OCH3 is 1. The van der Waals surface area contributed by atoms with Gasteiger partial charge in [0.1, 0.15) is 17.2 Å².